The van der Waals surface area contributed by atoms with Crippen LogP contribution in [0, 0.1) is 0 Å². The molecule has 11 heteroatoms. The molecule has 0 amide bonds. The highest BCUT2D eigenvalue weighted by Gasteiger charge is 2.26. The molecule has 0 saturated carbocycles. The molecule has 0 aliphatic rings. The quantitative estimate of drug-likeness (QED) is 0.492. The minimum Gasteiger partial charge on any atom is -0.423 e. The van der Waals surface area contributed by atoms with Crippen molar-refractivity contribution in [1.82, 2.24) is 20.2 Å². The number of hydrogen-bond acceptors (Lipinski definition) is 7. The molecule has 0 radical (unpaired) electrons. The van der Waals surface area contributed by atoms with Crippen molar-refractivity contribution >= 4 is 15.8 Å². The van der Waals surface area contributed by atoms with E-state index in [2.05, 4.69) is 15.5 Å². The summed E-state index contributed by atoms with van der Waals surface area (Å²) in [7, 11) is -4.71. The summed E-state index contributed by atoms with van der Waals surface area (Å²) in [6.07, 6.45) is 1.40. The molecule has 0 aliphatic carbocycles. The van der Waals surface area contributed by atoms with Gasteiger partial charge < -0.3 is 4.74 Å². The van der Waals surface area contributed by atoms with Crippen LogP contribution in [0.3, 0.4) is 0 Å². The van der Waals surface area contributed by atoms with Crippen LogP contribution in [0.25, 0.3) is 5.69 Å². The van der Waals surface area contributed by atoms with E-state index in [4.69, 9.17) is 4.74 Å². The number of benzene rings is 2. The smallest absolute Gasteiger partial charge is 0.343 e. The summed E-state index contributed by atoms with van der Waals surface area (Å²) in [5, 5.41) is 10.7. The molecule has 2 aromatic carbocycles. The van der Waals surface area contributed by atoms with Gasteiger partial charge >= 0.3 is 11.7 Å². The fraction of sp³-hybridized carbons (Fsp3) is 0.0667. The predicted octanol–water partition coefficient (Wildman–Crippen LogP) is 1.88. The van der Waals surface area contributed by atoms with E-state index in [0.29, 0.717) is 5.69 Å². The first-order valence-corrected chi connectivity index (χ1v) is 8.60. The lowest BCUT2D eigenvalue weighted by Crippen LogP contribution is -2.12. The Morgan fingerprint density at radius 1 is 1.04 bits per heavy atom. The van der Waals surface area contributed by atoms with Gasteiger partial charge in [-0.1, -0.05) is 0 Å². The zero-order chi connectivity index (χ0) is 18.7. The Bertz CT molecular complexity index is 1000. The number of nitrogens with zero attached hydrogens (tertiary/aromatic N) is 4. The maximum Gasteiger partial charge on any atom is 0.343 e. The zero-order valence-corrected chi connectivity index (χ0v) is 13.7. The molecule has 0 atom stereocenters. The van der Waals surface area contributed by atoms with Gasteiger partial charge in [-0.25, -0.2) is 17.9 Å². The lowest BCUT2D eigenvalue weighted by Gasteiger charge is -2.07. The summed E-state index contributed by atoms with van der Waals surface area (Å²) in [6, 6.07) is 10.3. The molecule has 134 valence electrons. The molecule has 3 aromatic rings. The van der Waals surface area contributed by atoms with E-state index in [1.165, 1.54) is 23.1 Å². The Labute approximate surface area is 145 Å². The van der Waals surface area contributed by atoms with Gasteiger partial charge in [0.15, 0.2) is 0 Å². The van der Waals surface area contributed by atoms with Crippen molar-refractivity contribution in [3.05, 3.63) is 60.4 Å². The Hall–Kier alpha value is -3.21. The van der Waals surface area contributed by atoms with Gasteiger partial charge in [-0.05, 0) is 59.0 Å². The van der Waals surface area contributed by atoms with E-state index in [9.17, 15) is 22.0 Å². The first-order chi connectivity index (χ1) is 12.4. The highest BCUT2D eigenvalue weighted by molar-refractivity contribution is 7.91. The Morgan fingerprint density at radius 3 is 2.23 bits per heavy atom. The Kier molecular flexibility index (Phi) is 4.71. The van der Waals surface area contributed by atoms with Crippen LogP contribution in [0.15, 0.2) is 59.8 Å². The van der Waals surface area contributed by atoms with Crippen molar-refractivity contribution in [2.45, 2.75) is 10.7 Å². The number of hydrogen-bond donors (Lipinski definition) is 0. The van der Waals surface area contributed by atoms with Gasteiger partial charge in [-0.3, -0.25) is 0 Å². The normalized spacial score (nSPS) is 11.5. The summed E-state index contributed by atoms with van der Waals surface area (Å²) in [6.45, 7) is 0. The highest BCUT2D eigenvalue weighted by atomic mass is 32.2. The molecule has 0 spiro atoms. The molecule has 0 unspecified atom stereocenters. The molecule has 26 heavy (non-hydrogen) atoms. The van der Waals surface area contributed by atoms with Gasteiger partial charge in [-0.2, -0.15) is 8.78 Å². The van der Waals surface area contributed by atoms with Gasteiger partial charge in [0.05, 0.1) is 16.1 Å². The third-order valence-electron chi connectivity index (χ3n) is 3.31. The van der Waals surface area contributed by atoms with E-state index in [1.54, 1.807) is 12.1 Å². The first kappa shape index (κ1) is 17.6. The van der Waals surface area contributed by atoms with Gasteiger partial charge in [0.2, 0.25) is 9.84 Å². The third kappa shape index (κ3) is 3.57. The standard InChI is InChI=1S/C15H10F2N4O4S/c16-15(17)26(23,24)13-7-1-10(2-8-13)14(22)25-12-5-3-11(4-6-12)21-9-18-19-20-21/h1-9,15H. The number of tetrazole rings is 1. The number of sulfone groups is 1. The van der Waals surface area contributed by atoms with Crippen LogP contribution in [0.4, 0.5) is 8.78 Å². The summed E-state index contributed by atoms with van der Waals surface area (Å²) < 4.78 is 54.2. The Balaban J connectivity index is 1.72. The molecular weight excluding hydrogens is 370 g/mol. The van der Waals surface area contributed by atoms with Gasteiger partial charge in [0.25, 0.3) is 0 Å². The van der Waals surface area contributed by atoms with Gasteiger partial charge in [0, 0.05) is 0 Å². The van der Waals surface area contributed by atoms with Crippen LogP contribution in [-0.4, -0.2) is 40.4 Å². The zero-order valence-electron chi connectivity index (χ0n) is 12.9. The van der Waals surface area contributed by atoms with Crippen molar-refractivity contribution in [1.29, 1.82) is 0 Å². The van der Waals surface area contributed by atoms with Crippen LogP contribution in [-0.2, 0) is 9.84 Å². The van der Waals surface area contributed by atoms with Crippen LogP contribution in [0.1, 0.15) is 10.4 Å². The molecule has 0 fully saturated rings. The molecule has 0 saturated heterocycles. The molecule has 1 heterocycles. The average Bonchev–Trinajstić information content (AvgIpc) is 3.17. The fourth-order valence-electron chi connectivity index (χ4n) is 2.00. The monoisotopic (exact) mass is 380 g/mol. The predicted molar refractivity (Wildman–Crippen MR) is 83.7 cm³/mol. The summed E-state index contributed by atoms with van der Waals surface area (Å²) in [4.78, 5) is 11.5. The number of aromatic nitrogens is 4. The lowest BCUT2D eigenvalue weighted by atomic mass is 10.2. The molecule has 0 N–H and O–H groups in total. The molecular formula is C15H10F2N4O4S. The topological polar surface area (TPSA) is 104 Å². The number of ether oxygens (including phenoxy) is 1. The first-order valence-electron chi connectivity index (χ1n) is 7.05. The van der Waals surface area contributed by atoms with Crippen LogP contribution in [0.2, 0.25) is 0 Å². The number of esters is 1. The number of rotatable bonds is 5. The van der Waals surface area contributed by atoms with Crippen LogP contribution < -0.4 is 4.74 Å². The summed E-state index contributed by atoms with van der Waals surface area (Å²) in [5.41, 5.74) is 0.666. The second kappa shape index (κ2) is 6.96. The molecule has 8 nitrogen and oxygen atoms in total. The fourth-order valence-corrected chi connectivity index (χ4v) is 2.72. The largest absolute Gasteiger partial charge is 0.423 e. The van der Waals surface area contributed by atoms with Crippen LogP contribution >= 0.6 is 0 Å². The molecule has 3 rings (SSSR count). The Morgan fingerprint density at radius 2 is 1.69 bits per heavy atom. The minimum absolute atomic E-state index is 0.0165. The van der Waals surface area contributed by atoms with Crippen LogP contribution in [0.5, 0.6) is 5.75 Å². The molecule has 1 aromatic heterocycles. The number of halogens is 2. The molecule has 0 aliphatic heterocycles. The number of alkyl halides is 2. The second-order valence-electron chi connectivity index (χ2n) is 4.97. The van der Waals surface area contributed by atoms with Gasteiger partial charge in [-0.15, -0.1) is 5.10 Å². The number of carbonyl (C=O) groups is 1. The van der Waals surface area contributed by atoms with Crippen molar-refractivity contribution in [2.75, 3.05) is 0 Å². The van der Waals surface area contributed by atoms with Crippen molar-refractivity contribution in [2.24, 2.45) is 0 Å². The highest BCUT2D eigenvalue weighted by Crippen LogP contribution is 2.20. The maximum absolute atomic E-state index is 12.5. The summed E-state index contributed by atoms with van der Waals surface area (Å²) >= 11 is 0. The minimum atomic E-state index is -4.71. The van der Waals surface area contributed by atoms with E-state index in [-0.39, 0.29) is 11.3 Å². The van der Waals surface area contributed by atoms with E-state index < -0.39 is 26.5 Å². The second-order valence-corrected chi connectivity index (χ2v) is 6.89. The summed E-state index contributed by atoms with van der Waals surface area (Å²) in [5.74, 6) is -4.06. The van der Waals surface area contributed by atoms with E-state index >= 15 is 0 Å². The van der Waals surface area contributed by atoms with Crippen molar-refractivity contribution in [3.8, 4) is 11.4 Å². The lowest BCUT2D eigenvalue weighted by molar-refractivity contribution is 0.0734. The van der Waals surface area contributed by atoms with E-state index in [1.807, 2.05) is 0 Å². The van der Waals surface area contributed by atoms with Gasteiger partial charge in [0.1, 0.15) is 12.1 Å². The third-order valence-corrected chi connectivity index (χ3v) is 4.71. The average molecular weight is 380 g/mol. The SMILES string of the molecule is O=C(Oc1ccc(-n2cnnn2)cc1)c1ccc(S(=O)(=O)C(F)F)cc1. The maximum atomic E-state index is 12.5. The van der Waals surface area contributed by atoms with Crippen molar-refractivity contribution in [3.63, 3.8) is 0 Å². The number of carbonyl (C=O) groups excluding carboxylic acids is 1. The molecule has 0 bridgehead atoms. The van der Waals surface area contributed by atoms with E-state index in [0.717, 1.165) is 24.3 Å². The van der Waals surface area contributed by atoms with Crippen molar-refractivity contribution < 1.29 is 26.7 Å².